The Morgan fingerprint density at radius 1 is 0.825 bits per heavy atom. The second-order valence-corrected chi connectivity index (χ2v) is 11.1. The van der Waals surface area contributed by atoms with Crippen LogP contribution >= 0.6 is 0 Å². The normalized spacial score (nSPS) is 11.6. The van der Waals surface area contributed by atoms with Crippen LogP contribution < -0.4 is 9.50 Å². The molecule has 1 radical (unpaired) electrons. The number of hydrogen-bond acceptors (Lipinski definition) is 10. The van der Waals surface area contributed by atoms with E-state index < -0.39 is 35.7 Å². The first-order valence-electron chi connectivity index (χ1n) is 11.1. The van der Waals surface area contributed by atoms with Crippen LogP contribution in [0.3, 0.4) is 0 Å². The zero-order chi connectivity index (χ0) is 28.2. The average Bonchev–Trinajstić information content (AvgIpc) is 2.88. The van der Waals surface area contributed by atoms with E-state index in [4.69, 9.17) is 4.18 Å². The maximum atomic E-state index is 12.4. The first kappa shape index (κ1) is 30.9. The summed E-state index contributed by atoms with van der Waals surface area (Å²) >= 11 is 0. The molecule has 0 saturated heterocycles. The van der Waals surface area contributed by atoms with E-state index in [1.165, 1.54) is 42.5 Å². The zero-order valence-electron chi connectivity index (χ0n) is 21.1. The van der Waals surface area contributed by atoms with Gasteiger partial charge in [-0.2, -0.15) is 27.1 Å². The van der Waals surface area contributed by atoms with Gasteiger partial charge in [0, 0.05) is 47.4 Å². The molecule has 0 heterocycles. The van der Waals surface area contributed by atoms with Crippen LogP contribution in [0.1, 0.15) is 5.56 Å². The number of rotatable bonds is 9. The summed E-state index contributed by atoms with van der Waals surface area (Å²) in [5.41, 5.74) is 1.68. The minimum Gasteiger partial charge on any atom is -0.379 e. The molecule has 15 heteroatoms. The van der Waals surface area contributed by atoms with E-state index in [0.717, 1.165) is 17.7 Å². The van der Waals surface area contributed by atoms with E-state index in [2.05, 4.69) is 15.5 Å². The quantitative estimate of drug-likeness (QED) is 0.0617. The van der Waals surface area contributed by atoms with Crippen LogP contribution in [-0.2, 0) is 20.2 Å². The van der Waals surface area contributed by atoms with Crippen molar-refractivity contribution in [2.75, 3.05) is 5.32 Å². The van der Waals surface area contributed by atoms with Crippen molar-refractivity contribution in [1.82, 2.24) is 0 Å². The number of non-ortho nitro benzene ring substituents is 1. The maximum absolute atomic E-state index is 12.4. The second-order valence-electron chi connectivity index (χ2n) is 8.13. The molecule has 2 N–H and O–H groups in total. The maximum Gasteiger partial charge on any atom is 0.339 e. The van der Waals surface area contributed by atoms with Gasteiger partial charge in [-0.1, -0.05) is 17.7 Å². The number of azo groups is 1. The van der Waals surface area contributed by atoms with Crippen LogP contribution in [0.25, 0.3) is 0 Å². The monoisotopic (exact) mass is 591 g/mol. The van der Waals surface area contributed by atoms with Crippen LogP contribution in [0.5, 0.6) is 5.75 Å². The minimum absolute atomic E-state index is 0. The Balaban J connectivity index is 0.00000441. The van der Waals surface area contributed by atoms with Crippen LogP contribution in [0.4, 0.5) is 28.4 Å². The summed E-state index contributed by atoms with van der Waals surface area (Å²) in [4.78, 5) is 9.57. The van der Waals surface area contributed by atoms with Crippen molar-refractivity contribution in [1.29, 1.82) is 0 Å². The van der Waals surface area contributed by atoms with E-state index in [-0.39, 0.29) is 45.9 Å². The third kappa shape index (κ3) is 7.94. The third-order valence-electron chi connectivity index (χ3n) is 5.23. The molecule has 0 aromatic heterocycles. The van der Waals surface area contributed by atoms with Gasteiger partial charge in [-0.25, -0.2) is 0 Å². The Morgan fingerprint density at radius 3 is 1.90 bits per heavy atom. The third-order valence-corrected chi connectivity index (χ3v) is 7.39. The molecule has 0 unspecified atom stereocenters. The standard InChI is InChI=1S/C25H20N4O8S2.Na/c1-17-2-13-23(14-3-17)39(35,36)37-22-11-8-20(9-12-22)28-27-19-6-4-18(5-7-19)26-24-15-10-21(29(30)31)16-25(24)38(32,33)34;/h2-16,26H,1H3,(H,32,33,34);. The average molecular weight is 592 g/mol. The molecule has 4 rings (SSSR count). The summed E-state index contributed by atoms with van der Waals surface area (Å²) in [6.45, 7) is 1.85. The molecular weight excluding hydrogens is 571 g/mol. The van der Waals surface area contributed by atoms with Crippen LogP contribution in [0, 0.1) is 17.0 Å². The predicted molar refractivity (Wildman–Crippen MR) is 148 cm³/mol. The van der Waals surface area contributed by atoms with Gasteiger partial charge < -0.3 is 9.50 Å². The summed E-state index contributed by atoms with van der Waals surface area (Å²) in [5.74, 6) is 0.112. The molecule has 40 heavy (non-hydrogen) atoms. The van der Waals surface area contributed by atoms with Gasteiger partial charge in [-0.15, -0.1) is 0 Å². The van der Waals surface area contributed by atoms with Crippen molar-refractivity contribution in [3.63, 3.8) is 0 Å². The van der Waals surface area contributed by atoms with Gasteiger partial charge in [-0.05, 0) is 73.7 Å². The van der Waals surface area contributed by atoms with Gasteiger partial charge in [-0.3, -0.25) is 14.7 Å². The minimum atomic E-state index is -4.73. The second kappa shape index (κ2) is 12.7. The number of benzene rings is 4. The molecule has 0 bridgehead atoms. The van der Waals surface area contributed by atoms with Crippen molar-refractivity contribution in [2.24, 2.45) is 10.2 Å². The van der Waals surface area contributed by atoms with Crippen molar-refractivity contribution < 1.29 is 30.5 Å². The van der Waals surface area contributed by atoms with Gasteiger partial charge >= 0.3 is 10.1 Å². The van der Waals surface area contributed by atoms with E-state index in [1.54, 1.807) is 36.4 Å². The van der Waals surface area contributed by atoms with Gasteiger partial charge in [0.15, 0.2) is 0 Å². The van der Waals surface area contributed by atoms with E-state index >= 15 is 0 Å². The Kier molecular flexibility index (Phi) is 9.78. The smallest absolute Gasteiger partial charge is 0.339 e. The van der Waals surface area contributed by atoms with Gasteiger partial charge in [0.1, 0.15) is 15.5 Å². The first-order valence-corrected chi connectivity index (χ1v) is 13.9. The molecule has 4 aromatic rings. The summed E-state index contributed by atoms with van der Waals surface area (Å²) < 4.78 is 62.8. The van der Waals surface area contributed by atoms with Crippen LogP contribution in [0.15, 0.2) is 111 Å². The molecule has 0 fully saturated rings. The molecule has 4 aromatic carbocycles. The fraction of sp³-hybridized carbons (Fsp3) is 0.0400. The molecule has 201 valence electrons. The number of nitro benzene ring substituents is 1. The summed E-state index contributed by atoms with van der Waals surface area (Å²) in [6, 6.07) is 21.6. The molecule has 0 aliphatic carbocycles. The largest absolute Gasteiger partial charge is 0.379 e. The zero-order valence-corrected chi connectivity index (χ0v) is 24.8. The van der Waals surface area contributed by atoms with E-state index in [9.17, 15) is 31.5 Å². The molecule has 12 nitrogen and oxygen atoms in total. The molecular formula is C25H20N4NaO8S2. The first-order chi connectivity index (χ1) is 18.4. The number of hydrogen-bond donors (Lipinski definition) is 2. The summed E-state index contributed by atoms with van der Waals surface area (Å²) in [6.07, 6.45) is 0. The SMILES string of the molecule is Cc1ccc(S(=O)(=O)Oc2ccc(N=Nc3ccc(Nc4ccc([N+](=O)[O-])cc4S(=O)(=O)O)cc3)cc2)cc1.[Na]. The number of nitrogens with zero attached hydrogens (tertiary/aromatic N) is 3. The Morgan fingerprint density at radius 2 is 1.38 bits per heavy atom. The van der Waals surface area contributed by atoms with Crippen molar-refractivity contribution in [2.45, 2.75) is 16.7 Å². The van der Waals surface area contributed by atoms with Gasteiger partial charge in [0.2, 0.25) is 0 Å². The predicted octanol–water partition coefficient (Wildman–Crippen LogP) is 5.70. The number of nitro groups is 1. The van der Waals surface area contributed by atoms with E-state index in [1.807, 2.05) is 6.92 Å². The van der Waals surface area contributed by atoms with Crippen LogP contribution in [-0.4, -0.2) is 55.9 Å². The van der Waals surface area contributed by atoms with Crippen molar-refractivity contribution in [3.05, 3.63) is 107 Å². The fourth-order valence-corrected chi connectivity index (χ4v) is 4.87. The Bertz CT molecular complexity index is 1760. The molecule has 0 amide bonds. The topological polar surface area (TPSA) is 178 Å². The van der Waals surface area contributed by atoms with Gasteiger partial charge in [0.05, 0.1) is 22.0 Å². The molecule has 0 atom stereocenters. The summed E-state index contributed by atoms with van der Waals surface area (Å²) in [7, 11) is -8.71. The molecule has 0 aliphatic rings. The van der Waals surface area contributed by atoms with Gasteiger partial charge in [0.25, 0.3) is 15.8 Å². The van der Waals surface area contributed by atoms with Crippen LogP contribution in [0.2, 0.25) is 0 Å². The molecule has 0 saturated carbocycles. The van der Waals surface area contributed by atoms with Crippen molar-refractivity contribution in [3.8, 4) is 5.75 Å². The summed E-state index contributed by atoms with van der Waals surface area (Å²) in [5, 5.41) is 21.9. The fourth-order valence-electron chi connectivity index (χ4n) is 3.27. The number of anilines is 2. The van der Waals surface area contributed by atoms with E-state index in [0.29, 0.717) is 17.1 Å². The molecule has 0 spiro atoms. The Labute approximate surface area is 252 Å². The Hall–Kier alpha value is -3.66. The number of aryl methyl sites for hydroxylation is 1. The number of nitrogens with one attached hydrogen (secondary N) is 1. The van der Waals surface area contributed by atoms with Crippen molar-refractivity contribution >= 4 is 78.2 Å². The molecule has 0 aliphatic heterocycles.